The molecule has 0 aliphatic rings. The molecule has 1 heterocycles. The standard InChI is InChI=1S/C14H15NO/c1-10-5-4-6-11(2)14(10)15-9-13-8-7-12(3)16-13/h4-9H,1-3H3. The Morgan fingerprint density at radius 3 is 2.25 bits per heavy atom. The zero-order valence-corrected chi connectivity index (χ0v) is 9.82. The van der Waals surface area contributed by atoms with Crippen LogP contribution in [0.25, 0.3) is 0 Å². The topological polar surface area (TPSA) is 25.5 Å². The van der Waals surface area contributed by atoms with Gasteiger partial charge in [-0.2, -0.15) is 0 Å². The van der Waals surface area contributed by atoms with E-state index in [1.807, 2.05) is 25.1 Å². The minimum atomic E-state index is 0.792. The highest BCUT2D eigenvalue weighted by atomic mass is 16.3. The van der Waals surface area contributed by atoms with Crippen molar-refractivity contribution < 1.29 is 4.42 Å². The third-order valence-corrected chi connectivity index (χ3v) is 2.52. The van der Waals surface area contributed by atoms with Crippen molar-refractivity contribution in [2.45, 2.75) is 20.8 Å². The van der Waals surface area contributed by atoms with Gasteiger partial charge >= 0.3 is 0 Å². The smallest absolute Gasteiger partial charge is 0.145 e. The van der Waals surface area contributed by atoms with Gasteiger partial charge in [0.05, 0.1) is 11.9 Å². The van der Waals surface area contributed by atoms with E-state index in [0.717, 1.165) is 17.2 Å². The fraction of sp³-hybridized carbons (Fsp3) is 0.214. The number of hydrogen-bond donors (Lipinski definition) is 0. The van der Waals surface area contributed by atoms with Gasteiger partial charge in [-0.1, -0.05) is 18.2 Å². The van der Waals surface area contributed by atoms with E-state index in [4.69, 9.17) is 4.42 Å². The first-order valence-corrected chi connectivity index (χ1v) is 5.33. The van der Waals surface area contributed by atoms with E-state index in [0.29, 0.717) is 0 Å². The Labute approximate surface area is 95.6 Å². The average Bonchev–Trinajstić information content (AvgIpc) is 2.63. The highest BCUT2D eigenvalue weighted by molar-refractivity contribution is 5.79. The van der Waals surface area contributed by atoms with Crippen LogP contribution in [-0.2, 0) is 0 Å². The molecule has 1 aromatic heterocycles. The summed E-state index contributed by atoms with van der Waals surface area (Å²) in [6, 6.07) is 10.0. The second kappa shape index (κ2) is 4.35. The van der Waals surface area contributed by atoms with Gasteiger partial charge < -0.3 is 4.42 Å². The normalized spacial score (nSPS) is 11.2. The van der Waals surface area contributed by atoms with Crippen molar-refractivity contribution in [2.75, 3.05) is 0 Å². The van der Waals surface area contributed by atoms with Crippen molar-refractivity contribution >= 4 is 11.9 Å². The lowest BCUT2D eigenvalue weighted by molar-refractivity contribution is 0.528. The van der Waals surface area contributed by atoms with Crippen LogP contribution in [0.1, 0.15) is 22.6 Å². The van der Waals surface area contributed by atoms with Crippen LogP contribution in [0.4, 0.5) is 5.69 Å². The third-order valence-electron chi connectivity index (χ3n) is 2.52. The molecule has 16 heavy (non-hydrogen) atoms. The molecule has 0 spiro atoms. The van der Waals surface area contributed by atoms with Crippen LogP contribution >= 0.6 is 0 Å². The van der Waals surface area contributed by atoms with Crippen molar-refractivity contribution in [1.29, 1.82) is 0 Å². The van der Waals surface area contributed by atoms with Crippen LogP contribution in [0.2, 0.25) is 0 Å². The molecule has 0 saturated heterocycles. The lowest BCUT2D eigenvalue weighted by Gasteiger charge is -2.02. The molecule has 0 aliphatic carbocycles. The summed E-state index contributed by atoms with van der Waals surface area (Å²) >= 11 is 0. The highest BCUT2D eigenvalue weighted by Crippen LogP contribution is 2.22. The molecule has 2 rings (SSSR count). The van der Waals surface area contributed by atoms with E-state index < -0.39 is 0 Å². The SMILES string of the molecule is Cc1ccc(C=Nc2c(C)cccc2C)o1. The fourth-order valence-electron chi connectivity index (χ4n) is 1.66. The maximum absolute atomic E-state index is 5.44. The molecule has 1 aromatic carbocycles. The lowest BCUT2D eigenvalue weighted by Crippen LogP contribution is -1.81. The number of nitrogens with zero attached hydrogens (tertiary/aromatic N) is 1. The average molecular weight is 213 g/mol. The van der Waals surface area contributed by atoms with Gasteiger partial charge in [0.25, 0.3) is 0 Å². The number of aliphatic imine (C=N–C) groups is 1. The summed E-state index contributed by atoms with van der Waals surface area (Å²) in [7, 11) is 0. The van der Waals surface area contributed by atoms with Crippen LogP contribution in [0.15, 0.2) is 39.7 Å². The Bertz CT molecular complexity index is 503. The molecule has 0 N–H and O–H groups in total. The summed E-state index contributed by atoms with van der Waals surface area (Å²) < 4.78 is 5.44. The molecule has 0 saturated carbocycles. The van der Waals surface area contributed by atoms with Gasteiger partial charge in [0, 0.05) is 0 Å². The van der Waals surface area contributed by atoms with Crippen molar-refractivity contribution in [2.24, 2.45) is 4.99 Å². The molecule has 0 bridgehead atoms. The molecule has 0 atom stereocenters. The summed E-state index contributed by atoms with van der Waals surface area (Å²) in [5, 5.41) is 0. The molecule has 0 fully saturated rings. The fourth-order valence-corrected chi connectivity index (χ4v) is 1.66. The monoisotopic (exact) mass is 213 g/mol. The van der Waals surface area contributed by atoms with Crippen molar-refractivity contribution in [1.82, 2.24) is 0 Å². The van der Waals surface area contributed by atoms with E-state index >= 15 is 0 Å². The molecule has 2 heteroatoms. The van der Waals surface area contributed by atoms with Crippen LogP contribution in [0.3, 0.4) is 0 Å². The number of benzene rings is 1. The second-order valence-corrected chi connectivity index (χ2v) is 3.95. The largest absolute Gasteiger partial charge is 0.460 e. The van der Waals surface area contributed by atoms with Gasteiger partial charge in [-0.05, 0) is 44.0 Å². The maximum Gasteiger partial charge on any atom is 0.145 e. The molecule has 0 aliphatic heterocycles. The number of rotatable bonds is 2. The van der Waals surface area contributed by atoms with Gasteiger partial charge in [-0.3, -0.25) is 4.99 Å². The van der Waals surface area contributed by atoms with Crippen LogP contribution < -0.4 is 0 Å². The Morgan fingerprint density at radius 1 is 1.00 bits per heavy atom. The summed E-state index contributed by atoms with van der Waals surface area (Å²) in [5.74, 6) is 1.70. The minimum absolute atomic E-state index is 0.792. The molecular weight excluding hydrogens is 198 g/mol. The quantitative estimate of drug-likeness (QED) is 0.693. The van der Waals surface area contributed by atoms with Crippen molar-refractivity contribution in [3.05, 3.63) is 53.0 Å². The summed E-state index contributed by atoms with van der Waals surface area (Å²) in [5.41, 5.74) is 3.38. The third kappa shape index (κ3) is 2.22. The summed E-state index contributed by atoms with van der Waals surface area (Å²) in [6.45, 7) is 6.05. The van der Waals surface area contributed by atoms with E-state index in [1.54, 1.807) is 6.21 Å². The van der Waals surface area contributed by atoms with Gasteiger partial charge in [-0.15, -0.1) is 0 Å². The molecule has 2 aromatic rings. The first-order valence-electron chi connectivity index (χ1n) is 5.33. The van der Waals surface area contributed by atoms with Crippen molar-refractivity contribution in [3.8, 4) is 0 Å². The summed E-state index contributed by atoms with van der Waals surface area (Å²) in [4.78, 5) is 4.47. The van der Waals surface area contributed by atoms with Crippen LogP contribution in [0, 0.1) is 20.8 Å². The van der Waals surface area contributed by atoms with Gasteiger partial charge in [0.2, 0.25) is 0 Å². The summed E-state index contributed by atoms with van der Waals surface area (Å²) in [6.07, 6.45) is 1.77. The van der Waals surface area contributed by atoms with Crippen LogP contribution in [0.5, 0.6) is 0 Å². The predicted molar refractivity (Wildman–Crippen MR) is 66.6 cm³/mol. The van der Waals surface area contributed by atoms with E-state index in [2.05, 4.69) is 31.0 Å². The molecule has 2 nitrogen and oxygen atoms in total. The molecule has 82 valence electrons. The van der Waals surface area contributed by atoms with Gasteiger partial charge in [-0.25, -0.2) is 0 Å². The van der Waals surface area contributed by atoms with Crippen LogP contribution in [-0.4, -0.2) is 6.21 Å². The zero-order valence-electron chi connectivity index (χ0n) is 9.82. The number of para-hydroxylation sites is 1. The van der Waals surface area contributed by atoms with Crippen molar-refractivity contribution in [3.63, 3.8) is 0 Å². The minimum Gasteiger partial charge on any atom is -0.460 e. The number of hydrogen-bond acceptors (Lipinski definition) is 2. The zero-order chi connectivity index (χ0) is 11.5. The van der Waals surface area contributed by atoms with Gasteiger partial charge in [0.15, 0.2) is 0 Å². The van der Waals surface area contributed by atoms with E-state index in [1.165, 1.54) is 11.1 Å². The molecule has 0 amide bonds. The van der Waals surface area contributed by atoms with Gasteiger partial charge in [0.1, 0.15) is 11.5 Å². The Hall–Kier alpha value is -1.83. The first kappa shape index (κ1) is 10.7. The predicted octanol–water partition coefficient (Wildman–Crippen LogP) is 3.96. The Kier molecular flexibility index (Phi) is 2.91. The second-order valence-electron chi connectivity index (χ2n) is 3.95. The first-order chi connectivity index (χ1) is 7.66. The maximum atomic E-state index is 5.44. The number of furan rings is 1. The molecule has 0 unspecified atom stereocenters. The molecule has 0 radical (unpaired) electrons. The highest BCUT2D eigenvalue weighted by Gasteiger charge is 1.99. The number of aryl methyl sites for hydroxylation is 3. The van der Waals surface area contributed by atoms with E-state index in [9.17, 15) is 0 Å². The van der Waals surface area contributed by atoms with E-state index in [-0.39, 0.29) is 0 Å². The Morgan fingerprint density at radius 2 is 1.69 bits per heavy atom. The lowest BCUT2D eigenvalue weighted by atomic mass is 10.1. The molecular formula is C14H15NO. The Balaban J connectivity index is 2.30.